The van der Waals surface area contributed by atoms with Crippen molar-refractivity contribution in [3.05, 3.63) is 84.4 Å². The van der Waals surface area contributed by atoms with Gasteiger partial charge in [-0.15, -0.1) is 0 Å². The van der Waals surface area contributed by atoms with E-state index in [4.69, 9.17) is 4.74 Å². The average molecular weight is 439 g/mol. The number of carbonyl (C=O) groups is 1. The molecule has 0 spiro atoms. The van der Waals surface area contributed by atoms with E-state index in [2.05, 4.69) is 5.32 Å². The molecule has 0 radical (unpaired) electrons. The van der Waals surface area contributed by atoms with Crippen LogP contribution in [0, 0.1) is 6.92 Å². The zero-order valence-corrected chi connectivity index (χ0v) is 18.4. The summed E-state index contributed by atoms with van der Waals surface area (Å²) in [5, 5.41) is 2.78. The molecule has 0 unspecified atom stereocenters. The first-order valence-electron chi connectivity index (χ1n) is 10.1. The zero-order valence-electron chi connectivity index (χ0n) is 17.6. The SMILES string of the molecule is CCCOc1ccccc1NC(=O)CN(c1ccccc1)S(=O)(=O)c1cccc(C)c1. The van der Waals surface area contributed by atoms with Crippen LogP contribution >= 0.6 is 0 Å². The van der Waals surface area contributed by atoms with E-state index >= 15 is 0 Å². The van der Waals surface area contributed by atoms with Crippen LogP contribution in [0.3, 0.4) is 0 Å². The van der Waals surface area contributed by atoms with E-state index < -0.39 is 15.9 Å². The van der Waals surface area contributed by atoms with Crippen LogP contribution in [0.2, 0.25) is 0 Å². The van der Waals surface area contributed by atoms with Gasteiger partial charge in [0.2, 0.25) is 5.91 Å². The van der Waals surface area contributed by atoms with Crippen molar-refractivity contribution in [2.24, 2.45) is 0 Å². The van der Waals surface area contributed by atoms with Crippen molar-refractivity contribution in [1.82, 2.24) is 0 Å². The number of ether oxygens (including phenoxy) is 1. The van der Waals surface area contributed by atoms with Crippen molar-refractivity contribution in [2.75, 3.05) is 22.8 Å². The van der Waals surface area contributed by atoms with Gasteiger partial charge in [-0.25, -0.2) is 8.42 Å². The predicted molar refractivity (Wildman–Crippen MR) is 123 cm³/mol. The van der Waals surface area contributed by atoms with Gasteiger partial charge >= 0.3 is 0 Å². The Labute approximate surface area is 183 Å². The summed E-state index contributed by atoms with van der Waals surface area (Å²) in [6.07, 6.45) is 0.832. The van der Waals surface area contributed by atoms with Gasteiger partial charge in [-0.3, -0.25) is 9.10 Å². The van der Waals surface area contributed by atoms with Crippen molar-refractivity contribution in [2.45, 2.75) is 25.2 Å². The van der Waals surface area contributed by atoms with Crippen molar-refractivity contribution in [1.29, 1.82) is 0 Å². The third-order valence-corrected chi connectivity index (χ3v) is 6.30. The fraction of sp³-hybridized carbons (Fsp3) is 0.208. The summed E-state index contributed by atoms with van der Waals surface area (Å²) in [5.74, 6) is 0.0816. The topological polar surface area (TPSA) is 75.7 Å². The molecule has 7 heteroatoms. The fourth-order valence-corrected chi connectivity index (χ4v) is 4.57. The minimum Gasteiger partial charge on any atom is -0.491 e. The van der Waals surface area contributed by atoms with E-state index in [0.29, 0.717) is 23.7 Å². The Bertz CT molecular complexity index is 1130. The van der Waals surface area contributed by atoms with E-state index in [0.717, 1.165) is 16.3 Å². The monoisotopic (exact) mass is 438 g/mol. The minimum atomic E-state index is -3.95. The molecule has 0 aliphatic heterocycles. The van der Waals surface area contributed by atoms with Crippen LogP contribution in [0.1, 0.15) is 18.9 Å². The first-order chi connectivity index (χ1) is 14.9. The molecule has 6 nitrogen and oxygen atoms in total. The number of nitrogens with zero attached hydrogens (tertiary/aromatic N) is 1. The van der Waals surface area contributed by atoms with Gasteiger partial charge in [0.15, 0.2) is 0 Å². The summed E-state index contributed by atoms with van der Waals surface area (Å²) in [7, 11) is -3.95. The van der Waals surface area contributed by atoms with Gasteiger partial charge in [-0.1, -0.05) is 49.4 Å². The van der Waals surface area contributed by atoms with Crippen molar-refractivity contribution < 1.29 is 17.9 Å². The fourth-order valence-electron chi connectivity index (χ4n) is 3.04. The molecule has 0 atom stereocenters. The average Bonchev–Trinajstić information content (AvgIpc) is 2.77. The molecule has 3 aromatic carbocycles. The van der Waals surface area contributed by atoms with E-state index in [1.165, 1.54) is 6.07 Å². The van der Waals surface area contributed by atoms with Gasteiger partial charge in [0.05, 0.1) is 22.9 Å². The maximum absolute atomic E-state index is 13.4. The standard InChI is InChI=1S/C24H26N2O4S/c1-3-16-30-23-15-8-7-14-22(23)25-24(27)18-26(20-11-5-4-6-12-20)31(28,29)21-13-9-10-19(2)17-21/h4-15,17H,3,16,18H2,1-2H3,(H,25,27). The molecule has 1 amide bonds. The minimum absolute atomic E-state index is 0.135. The van der Waals surface area contributed by atoms with Crippen LogP contribution < -0.4 is 14.4 Å². The number of hydrogen-bond acceptors (Lipinski definition) is 4. The molecule has 0 saturated carbocycles. The van der Waals surface area contributed by atoms with Gasteiger partial charge in [0.1, 0.15) is 12.3 Å². The number of carbonyl (C=O) groups excluding carboxylic acids is 1. The molecule has 3 aromatic rings. The number of aryl methyl sites for hydroxylation is 1. The number of benzene rings is 3. The second-order valence-electron chi connectivity index (χ2n) is 7.06. The highest BCUT2D eigenvalue weighted by Gasteiger charge is 2.27. The smallest absolute Gasteiger partial charge is 0.264 e. The second-order valence-corrected chi connectivity index (χ2v) is 8.92. The summed E-state index contributed by atoms with van der Waals surface area (Å²) < 4.78 is 33.6. The molecule has 0 aliphatic carbocycles. The van der Waals surface area contributed by atoms with Crippen LogP contribution in [-0.2, 0) is 14.8 Å². The number of hydrogen-bond donors (Lipinski definition) is 1. The van der Waals surface area contributed by atoms with Crippen molar-refractivity contribution in [3.8, 4) is 5.75 Å². The van der Waals surface area contributed by atoms with E-state index in [9.17, 15) is 13.2 Å². The Hall–Kier alpha value is -3.32. The predicted octanol–water partition coefficient (Wildman–Crippen LogP) is 4.62. The number of anilines is 2. The van der Waals surface area contributed by atoms with Crippen LogP contribution in [0.5, 0.6) is 5.75 Å². The Balaban J connectivity index is 1.89. The quantitative estimate of drug-likeness (QED) is 0.529. The Morgan fingerprint density at radius 1 is 0.968 bits per heavy atom. The third kappa shape index (κ3) is 5.64. The number of sulfonamides is 1. The van der Waals surface area contributed by atoms with Crippen molar-refractivity contribution >= 4 is 27.3 Å². The molecule has 0 aromatic heterocycles. The molecular weight excluding hydrogens is 412 g/mol. The summed E-state index contributed by atoms with van der Waals surface area (Å²) in [6.45, 7) is 3.97. The lowest BCUT2D eigenvalue weighted by atomic mass is 10.2. The molecule has 31 heavy (non-hydrogen) atoms. The second kappa shape index (κ2) is 10.1. The van der Waals surface area contributed by atoms with Gasteiger partial charge < -0.3 is 10.1 Å². The Kier molecular flexibility index (Phi) is 7.31. The molecule has 0 saturated heterocycles. The maximum Gasteiger partial charge on any atom is 0.264 e. The van der Waals surface area contributed by atoms with E-state index in [1.807, 2.05) is 26.0 Å². The number of para-hydroxylation sites is 3. The summed E-state index contributed by atoms with van der Waals surface area (Å²) in [6, 6.07) is 22.3. The highest BCUT2D eigenvalue weighted by atomic mass is 32.2. The Morgan fingerprint density at radius 2 is 1.68 bits per heavy atom. The highest BCUT2D eigenvalue weighted by molar-refractivity contribution is 7.92. The first kappa shape index (κ1) is 22.4. The van der Waals surface area contributed by atoms with Crippen LogP contribution in [0.15, 0.2) is 83.8 Å². The van der Waals surface area contributed by atoms with Gasteiger partial charge in [0, 0.05) is 0 Å². The van der Waals surface area contributed by atoms with Crippen LogP contribution in [0.4, 0.5) is 11.4 Å². The number of rotatable bonds is 9. The molecular formula is C24H26N2O4S. The zero-order chi connectivity index (χ0) is 22.3. The molecule has 162 valence electrons. The van der Waals surface area contributed by atoms with Gasteiger partial charge in [0.25, 0.3) is 10.0 Å². The summed E-state index contributed by atoms with van der Waals surface area (Å²) >= 11 is 0. The summed E-state index contributed by atoms with van der Waals surface area (Å²) in [4.78, 5) is 13.0. The molecule has 0 fully saturated rings. The summed E-state index contributed by atoms with van der Waals surface area (Å²) in [5.41, 5.74) is 1.73. The van der Waals surface area contributed by atoms with Gasteiger partial charge in [-0.2, -0.15) is 0 Å². The van der Waals surface area contributed by atoms with Gasteiger partial charge in [-0.05, 0) is 55.3 Å². The molecule has 0 aliphatic rings. The normalized spacial score (nSPS) is 11.0. The van der Waals surface area contributed by atoms with Crippen LogP contribution in [0.25, 0.3) is 0 Å². The molecule has 1 N–H and O–H groups in total. The largest absolute Gasteiger partial charge is 0.491 e. The van der Waals surface area contributed by atoms with E-state index in [-0.39, 0.29) is 11.4 Å². The lowest BCUT2D eigenvalue weighted by molar-refractivity contribution is -0.114. The lowest BCUT2D eigenvalue weighted by Gasteiger charge is -2.24. The Morgan fingerprint density at radius 3 is 2.39 bits per heavy atom. The number of nitrogens with one attached hydrogen (secondary N) is 1. The highest BCUT2D eigenvalue weighted by Crippen LogP contribution is 2.26. The van der Waals surface area contributed by atoms with Crippen molar-refractivity contribution in [3.63, 3.8) is 0 Å². The maximum atomic E-state index is 13.4. The van der Waals surface area contributed by atoms with Crippen LogP contribution in [-0.4, -0.2) is 27.5 Å². The third-order valence-electron chi connectivity index (χ3n) is 4.53. The molecule has 3 rings (SSSR count). The first-order valence-corrected chi connectivity index (χ1v) is 11.5. The molecule has 0 bridgehead atoms. The van der Waals surface area contributed by atoms with E-state index in [1.54, 1.807) is 60.7 Å². The number of amides is 1. The lowest BCUT2D eigenvalue weighted by Crippen LogP contribution is -2.38. The molecule has 0 heterocycles.